The van der Waals surface area contributed by atoms with Gasteiger partial charge in [0, 0.05) is 24.7 Å². The number of ether oxygens (including phenoxy) is 2. The molecule has 2 heterocycles. The van der Waals surface area contributed by atoms with Gasteiger partial charge in [-0.05, 0) is 12.8 Å². The SMILES string of the molecule is CC(C)(C)c1cc(=O)n(CC(O)COC2CCOCC2)cn1. The maximum absolute atomic E-state index is 12.1. The van der Waals surface area contributed by atoms with Crippen LogP contribution in [0.3, 0.4) is 0 Å². The molecule has 1 aromatic heterocycles. The maximum atomic E-state index is 12.1. The zero-order chi connectivity index (χ0) is 16.2. The normalized spacial score (nSPS) is 18.4. The van der Waals surface area contributed by atoms with Crippen molar-refractivity contribution < 1.29 is 14.6 Å². The van der Waals surface area contributed by atoms with Crippen molar-refractivity contribution in [1.82, 2.24) is 9.55 Å². The average Bonchev–Trinajstić information content (AvgIpc) is 2.47. The monoisotopic (exact) mass is 310 g/mol. The summed E-state index contributed by atoms with van der Waals surface area (Å²) in [7, 11) is 0. The van der Waals surface area contributed by atoms with Gasteiger partial charge in [-0.1, -0.05) is 20.8 Å². The maximum Gasteiger partial charge on any atom is 0.253 e. The molecule has 124 valence electrons. The summed E-state index contributed by atoms with van der Waals surface area (Å²) < 4.78 is 12.4. The summed E-state index contributed by atoms with van der Waals surface area (Å²) in [5, 5.41) is 10.0. The molecule has 0 amide bonds. The van der Waals surface area contributed by atoms with E-state index in [0.29, 0.717) is 13.2 Å². The van der Waals surface area contributed by atoms with Gasteiger partial charge in [-0.15, -0.1) is 0 Å². The lowest BCUT2D eigenvalue weighted by Gasteiger charge is -2.24. The second kappa shape index (κ2) is 7.35. The van der Waals surface area contributed by atoms with Crippen LogP contribution in [0.15, 0.2) is 17.2 Å². The molecule has 0 bridgehead atoms. The van der Waals surface area contributed by atoms with Gasteiger partial charge in [0.05, 0.1) is 37.4 Å². The molecule has 22 heavy (non-hydrogen) atoms. The van der Waals surface area contributed by atoms with Crippen molar-refractivity contribution in [1.29, 1.82) is 0 Å². The van der Waals surface area contributed by atoms with E-state index in [2.05, 4.69) is 4.98 Å². The predicted molar refractivity (Wildman–Crippen MR) is 83.0 cm³/mol. The predicted octanol–water partition coefficient (Wildman–Crippen LogP) is 1.10. The highest BCUT2D eigenvalue weighted by molar-refractivity contribution is 5.10. The highest BCUT2D eigenvalue weighted by atomic mass is 16.5. The van der Waals surface area contributed by atoms with E-state index in [9.17, 15) is 9.90 Å². The summed E-state index contributed by atoms with van der Waals surface area (Å²) in [6, 6.07) is 1.53. The summed E-state index contributed by atoms with van der Waals surface area (Å²) >= 11 is 0. The Morgan fingerprint density at radius 2 is 2.14 bits per heavy atom. The molecule has 1 atom stereocenters. The number of aromatic nitrogens is 2. The fourth-order valence-corrected chi connectivity index (χ4v) is 2.34. The molecule has 1 aromatic rings. The standard InChI is InChI=1S/C16H26N2O4/c1-16(2,3)14-8-15(20)18(11-17-14)9-12(19)10-22-13-4-6-21-7-5-13/h8,11-13,19H,4-7,9-10H2,1-3H3. The molecular weight excluding hydrogens is 284 g/mol. The quantitative estimate of drug-likeness (QED) is 0.881. The highest BCUT2D eigenvalue weighted by Gasteiger charge is 2.18. The van der Waals surface area contributed by atoms with Crippen molar-refractivity contribution in [3.63, 3.8) is 0 Å². The average molecular weight is 310 g/mol. The molecule has 0 radical (unpaired) electrons. The second-order valence-corrected chi connectivity index (χ2v) is 6.81. The van der Waals surface area contributed by atoms with Crippen molar-refractivity contribution in [3.8, 4) is 0 Å². The molecule has 6 heteroatoms. The van der Waals surface area contributed by atoms with Gasteiger partial charge in [-0.2, -0.15) is 0 Å². The molecule has 0 aromatic carbocycles. The molecule has 1 aliphatic rings. The van der Waals surface area contributed by atoms with Crippen LogP contribution in [0.2, 0.25) is 0 Å². The Morgan fingerprint density at radius 1 is 1.45 bits per heavy atom. The number of hydrogen-bond donors (Lipinski definition) is 1. The van der Waals surface area contributed by atoms with Crippen LogP contribution in [-0.2, 0) is 21.4 Å². The van der Waals surface area contributed by atoms with Crippen molar-refractivity contribution in [2.45, 2.75) is 57.8 Å². The van der Waals surface area contributed by atoms with E-state index in [4.69, 9.17) is 9.47 Å². The topological polar surface area (TPSA) is 73.6 Å². The molecule has 1 unspecified atom stereocenters. The Kier molecular flexibility index (Phi) is 5.72. The first-order valence-electron chi connectivity index (χ1n) is 7.80. The van der Waals surface area contributed by atoms with Gasteiger partial charge in [0.2, 0.25) is 0 Å². The van der Waals surface area contributed by atoms with Crippen molar-refractivity contribution in [2.75, 3.05) is 19.8 Å². The van der Waals surface area contributed by atoms with Gasteiger partial charge in [-0.25, -0.2) is 4.98 Å². The number of nitrogens with zero attached hydrogens (tertiary/aromatic N) is 2. The highest BCUT2D eigenvalue weighted by Crippen LogP contribution is 2.17. The lowest BCUT2D eigenvalue weighted by Crippen LogP contribution is -2.33. The fourth-order valence-electron chi connectivity index (χ4n) is 2.34. The Labute approximate surface area is 131 Å². The second-order valence-electron chi connectivity index (χ2n) is 6.81. The molecule has 6 nitrogen and oxygen atoms in total. The van der Waals surface area contributed by atoms with Crippen LogP contribution in [0.1, 0.15) is 39.3 Å². The Balaban J connectivity index is 1.88. The number of aliphatic hydroxyl groups is 1. The molecule has 0 aliphatic carbocycles. The van der Waals surface area contributed by atoms with Gasteiger partial charge in [0.15, 0.2) is 0 Å². The van der Waals surface area contributed by atoms with Crippen LogP contribution < -0.4 is 5.56 Å². The van der Waals surface area contributed by atoms with E-state index in [1.165, 1.54) is 17.0 Å². The molecule has 0 spiro atoms. The molecular formula is C16H26N2O4. The van der Waals surface area contributed by atoms with E-state index >= 15 is 0 Å². The van der Waals surface area contributed by atoms with Gasteiger partial charge < -0.3 is 14.6 Å². The van der Waals surface area contributed by atoms with Gasteiger partial charge in [-0.3, -0.25) is 9.36 Å². The minimum Gasteiger partial charge on any atom is -0.389 e. The summed E-state index contributed by atoms with van der Waals surface area (Å²) in [4.78, 5) is 16.4. The number of rotatable bonds is 5. The van der Waals surface area contributed by atoms with E-state index in [1.807, 2.05) is 20.8 Å². The van der Waals surface area contributed by atoms with Crippen LogP contribution in [0.5, 0.6) is 0 Å². The van der Waals surface area contributed by atoms with E-state index in [1.54, 1.807) is 0 Å². The number of hydrogen-bond acceptors (Lipinski definition) is 5. The molecule has 1 saturated heterocycles. The zero-order valence-corrected chi connectivity index (χ0v) is 13.6. The van der Waals surface area contributed by atoms with Crippen LogP contribution in [0, 0.1) is 0 Å². The third kappa shape index (κ3) is 4.90. The lowest BCUT2D eigenvalue weighted by molar-refractivity contribution is -0.0619. The molecule has 1 N–H and O–H groups in total. The Bertz CT molecular complexity index is 530. The lowest BCUT2D eigenvalue weighted by atomic mass is 9.92. The van der Waals surface area contributed by atoms with Crippen LogP contribution in [-0.4, -0.2) is 46.7 Å². The minimum atomic E-state index is -0.720. The van der Waals surface area contributed by atoms with Crippen molar-refractivity contribution in [3.05, 3.63) is 28.4 Å². The number of aliphatic hydroxyl groups excluding tert-OH is 1. The zero-order valence-electron chi connectivity index (χ0n) is 13.6. The van der Waals surface area contributed by atoms with Gasteiger partial charge >= 0.3 is 0 Å². The van der Waals surface area contributed by atoms with Crippen molar-refractivity contribution in [2.24, 2.45) is 0 Å². The van der Waals surface area contributed by atoms with E-state index in [0.717, 1.165) is 18.5 Å². The minimum absolute atomic E-state index is 0.140. The third-order valence-corrected chi connectivity index (χ3v) is 3.75. The Hall–Kier alpha value is -1.24. The van der Waals surface area contributed by atoms with Crippen LogP contribution in [0.4, 0.5) is 0 Å². The first-order chi connectivity index (χ1) is 10.4. The molecule has 1 aliphatic heterocycles. The first kappa shape index (κ1) is 17.1. The summed E-state index contributed by atoms with van der Waals surface area (Å²) in [5.41, 5.74) is 0.440. The summed E-state index contributed by atoms with van der Waals surface area (Å²) in [5.74, 6) is 0. The summed E-state index contributed by atoms with van der Waals surface area (Å²) in [6.07, 6.45) is 2.63. The van der Waals surface area contributed by atoms with Gasteiger partial charge in [0.1, 0.15) is 0 Å². The largest absolute Gasteiger partial charge is 0.389 e. The Morgan fingerprint density at radius 3 is 2.73 bits per heavy atom. The first-order valence-corrected chi connectivity index (χ1v) is 7.80. The smallest absolute Gasteiger partial charge is 0.253 e. The third-order valence-electron chi connectivity index (χ3n) is 3.75. The fraction of sp³-hybridized carbons (Fsp3) is 0.750. The van der Waals surface area contributed by atoms with Crippen molar-refractivity contribution >= 4 is 0 Å². The van der Waals surface area contributed by atoms with Crippen LogP contribution in [0.25, 0.3) is 0 Å². The van der Waals surface area contributed by atoms with Gasteiger partial charge in [0.25, 0.3) is 5.56 Å². The molecule has 2 rings (SSSR count). The summed E-state index contributed by atoms with van der Waals surface area (Å²) in [6.45, 7) is 7.86. The molecule has 0 saturated carbocycles. The van der Waals surface area contributed by atoms with Crippen LogP contribution >= 0.6 is 0 Å². The molecule has 1 fully saturated rings. The van der Waals surface area contributed by atoms with E-state index in [-0.39, 0.29) is 30.2 Å². The van der Waals surface area contributed by atoms with E-state index < -0.39 is 6.10 Å².